The van der Waals surface area contributed by atoms with Gasteiger partial charge in [-0.1, -0.05) is 84.9 Å². The number of nitrogens with zero attached hydrogens (tertiary/aromatic N) is 4. The maximum Gasteiger partial charge on any atom is 0.0682 e. The van der Waals surface area contributed by atoms with Crippen LogP contribution in [-0.2, 0) is 13.2 Å². The van der Waals surface area contributed by atoms with E-state index in [0.29, 0.717) is 0 Å². The van der Waals surface area contributed by atoms with Crippen molar-refractivity contribution in [2.24, 2.45) is 0 Å². The van der Waals surface area contributed by atoms with E-state index in [2.05, 4.69) is 213 Å². The molecule has 0 fully saturated rings. The fourth-order valence-electron chi connectivity index (χ4n) is 9.69. The molecule has 0 unspecified atom stereocenters. The SMILES string of the molecule is OCc1ccc2c(c1)c1ccccc1n2-c1ccc(N(c2ccc(-n3c4ccccc4c4ccccc43)cc2)c2ccc(-n3c4ccccc4c4cc(CO)ccc43)cc2)cc1. The van der Waals surface area contributed by atoms with E-state index in [0.717, 1.165) is 88.9 Å². The Balaban J connectivity index is 0.992. The molecule has 62 heavy (non-hydrogen) atoms. The molecule has 296 valence electrons. The maximum absolute atomic E-state index is 9.95. The molecule has 12 rings (SSSR count). The molecule has 0 amide bonds. The summed E-state index contributed by atoms with van der Waals surface area (Å²) in [6, 6.07) is 73.2. The first-order valence-electron chi connectivity index (χ1n) is 21.0. The van der Waals surface area contributed by atoms with Crippen molar-refractivity contribution < 1.29 is 10.2 Å². The second-order valence-corrected chi connectivity index (χ2v) is 16.0. The summed E-state index contributed by atoms with van der Waals surface area (Å²) >= 11 is 0. The number of para-hydroxylation sites is 4. The van der Waals surface area contributed by atoms with Crippen molar-refractivity contribution in [3.8, 4) is 17.1 Å². The van der Waals surface area contributed by atoms with Gasteiger partial charge in [0.25, 0.3) is 0 Å². The highest BCUT2D eigenvalue weighted by atomic mass is 16.3. The minimum absolute atomic E-state index is 0.00460. The predicted molar refractivity (Wildman–Crippen MR) is 256 cm³/mol. The van der Waals surface area contributed by atoms with Crippen molar-refractivity contribution in [3.05, 3.63) is 217 Å². The summed E-state index contributed by atoms with van der Waals surface area (Å²) in [7, 11) is 0. The average molecular weight is 801 g/mol. The number of fused-ring (bicyclic) bond motifs is 9. The molecule has 6 nitrogen and oxygen atoms in total. The van der Waals surface area contributed by atoms with Crippen molar-refractivity contribution in [2.75, 3.05) is 4.90 Å². The summed E-state index contributed by atoms with van der Waals surface area (Å²) in [6.45, 7) is 0.00920. The molecule has 0 atom stereocenters. The second-order valence-electron chi connectivity index (χ2n) is 16.0. The van der Waals surface area contributed by atoms with Crippen molar-refractivity contribution in [1.29, 1.82) is 0 Å². The largest absolute Gasteiger partial charge is 0.392 e. The van der Waals surface area contributed by atoms with Gasteiger partial charge in [0, 0.05) is 66.4 Å². The molecule has 0 saturated heterocycles. The van der Waals surface area contributed by atoms with Gasteiger partial charge in [-0.15, -0.1) is 0 Å². The van der Waals surface area contributed by atoms with Crippen LogP contribution in [0.25, 0.3) is 82.5 Å². The second kappa shape index (κ2) is 14.4. The fourth-order valence-corrected chi connectivity index (χ4v) is 9.69. The van der Waals surface area contributed by atoms with Crippen LogP contribution in [0.15, 0.2) is 206 Å². The Bertz CT molecular complexity index is 3430. The zero-order valence-corrected chi connectivity index (χ0v) is 33.7. The third-order valence-corrected chi connectivity index (χ3v) is 12.5. The first kappa shape index (κ1) is 36.0. The molecule has 2 N–H and O–H groups in total. The van der Waals surface area contributed by atoms with Crippen LogP contribution in [0.3, 0.4) is 0 Å². The number of benzene rings is 9. The van der Waals surface area contributed by atoms with Gasteiger partial charge in [-0.3, -0.25) is 0 Å². The van der Waals surface area contributed by atoms with E-state index >= 15 is 0 Å². The molecular weight excluding hydrogens is 761 g/mol. The van der Waals surface area contributed by atoms with E-state index in [1.165, 1.54) is 21.8 Å². The Morgan fingerprint density at radius 3 is 0.871 bits per heavy atom. The summed E-state index contributed by atoms with van der Waals surface area (Å²) in [4.78, 5) is 2.32. The first-order chi connectivity index (χ1) is 30.7. The summed E-state index contributed by atoms with van der Waals surface area (Å²) in [5.74, 6) is 0. The highest BCUT2D eigenvalue weighted by Gasteiger charge is 2.19. The quantitative estimate of drug-likeness (QED) is 0.161. The number of hydrogen-bond donors (Lipinski definition) is 2. The van der Waals surface area contributed by atoms with E-state index in [1.807, 2.05) is 12.1 Å². The van der Waals surface area contributed by atoms with Gasteiger partial charge in [-0.2, -0.15) is 0 Å². The van der Waals surface area contributed by atoms with Crippen LogP contribution in [0.4, 0.5) is 17.1 Å². The Kier molecular flexibility index (Phi) is 8.35. The third kappa shape index (κ3) is 5.58. The summed E-state index contributed by atoms with van der Waals surface area (Å²) in [6.07, 6.45) is 0. The Morgan fingerprint density at radius 1 is 0.290 bits per heavy atom. The van der Waals surface area contributed by atoms with Crippen LogP contribution in [-0.4, -0.2) is 23.9 Å². The topological polar surface area (TPSA) is 58.5 Å². The Labute approximate surface area is 357 Å². The van der Waals surface area contributed by atoms with Gasteiger partial charge in [0.1, 0.15) is 0 Å². The van der Waals surface area contributed by atoms with Crippen LogP contribution in [0.2, 0.25) is 0 Å². The molecule has 9 aromatic carbocycles. The third-order valence-electron chi connectivity index (χ3n) is 12.5. The van der Waals surface area contributed by atoms with Crippen LogP contribution in [0, 0.1) is 0 Å². The lowest BCUT2D eigenvalue weighted by atomic mass is 10.1. The van der Waals surface area contributed by atoms with Crippen LogP contribution >= 0.6 is 0 Å². The van der Waals surface area contributed by atoms with E-state index in [-0.39, 0.29) is 13.2 Å². The Morgan fingerprint density at radius 2 is 0.565 bits per heavy atom. The zero-order chi connectivity index (χ0) is 41.3. The molecule has 0 aliphatic heterocycles. The standard InChI is InChI=1S/C56H40N4O2/c61-35-37-17-31-55-49(33-37)47-11-3-7-15-53(47)59(55)43-27-21-40(22-28-43)57(39-19-25-42(26-20-39)58-51-13-5-1-9-45(51)46-10-2-6-14-52(46)58)41-23-29-44(30-24-41)60-54-16-8-4-12-48(54)50-34-38(36-62)18-32-56(50)60/h1-34,61-62H,35-36H2. The molecular formula is C56H40N4O2. The lowest BCUT2D eigenvalue weighted by Crippen LogP contribution is -2.10. The summed E-state index contributed by atoms with van der Waals surface area (Å²) in [5.41, 5.74) is 14.9. The monoisotopic (exact) mass is 800 g/mol. The molecule has 3 heterocycles. The van der Waals surface area contributed by atoms with Gasteiger partial charge < -0.3 is 28.8 Å². The Hall–Kier alpha value is -7.90. The van der Waals surface area contributed by atoms with E-state index in [1.54, 1.807) is 0 Å². The van der Waals surface area contributed by atoms with Crippen molar-refractivity contribution >= 4 is 82.5 Å². The fraction of sp³-hybridized carbons (Fsp3) is 0.0357. The van der Waals surface area contributed by atoms with Gasteiger partial charge in [0.2, 0.25) is 0 Å². The summed E-state index contributed by atoms with van der Waals surface area (Å²) in [5, 5.41) is 26.9. The smallest absolute Gasteiger partial charge is 0.0682 e. The normalized spacial score (nSPS) is 11.8. The number of aromatic nitrogens is 3. The number of rotatable bonds is 8. The van der Waals surface area contributed by atoms with Gasteiger partial charge in [-0.05, 0) is 132 Å². The van der Waals surface area contributed by atoms with Gasteiger partial charge in [-0.25, -0.2) is 0 Å². The lowest BCUT2D eigenvalue weighted by molar-refractivity contribution is 0.282. The highest BCUT2D eigenvalue weighted by Crippen LogP contribution is 2.40. The molecule has 0 aliphatic rings. The van der Waals surface area contributed by atoms with Gasteiger partial charge in [0.15, 0.2) is 0 Å². The molecule has 0 spiro atoms. The molecule has 0 aliphatic carbocycles. The van der Waals surface area contributed by atoms with E-state index in [4.69, 9.17) is 0 Å². The van der Waals surface area contributed by atoms with Gasteiger partial charge in [0.05, 0.1) is 46.3 Å². The van der Waals surface area contributed by atoms with Crippen LogP contribution in [0.1, 0.15) is 11.1 Å². The molecule has 0 saturated carbocycles. The van der Waals surface area contributed by atoms with Crippen molar-refractivity contribution in [2.45, 2.75) is 13.2 Å². The number of anilines is 3. The first-order valence-corrected chi connectivity index (χ1v) is 21.0. The molecule has 0 bridgehead atoms. The molecule has 0 radical (unpaired) electrons. The van der Waals surface area contributed by atoms with Crippen molar-refractivity contribution in [3.63, 3.8) is 0 Å². The van der Waals surface area contributed by atoms with E-state index < -0.39 is 0 Å². The zero-order valence-electron chi connectivity index (χ0n) is 33.7. The number of aliphatic hydroxyl groups is 2. The summed E-state index contributed by atoms with van der Waals surface area (Å²) < 4.78 is 6.97. The molecule has 12 aromatic rings. The average Bonchev–Trinajstić information content (AvgIpc) is 3.98. The minimum Gasteiger partial charge on any atom is -0.392 e. The van der Waals surface area contributed by atoms with Crippen LogP contribution < -0.4 is 4.90 Å². The maximum atomic E-state index is 9.95. The molecule has 3 aromatic heterocycles. The predicted octanol–water partition coefficient (Wildman–Crippen LogP) is 13.4. The van der Waals surface area contributed by atoms with Gasteiger partial charge >= 0.3 is 0 Å². The minimum atomic E-state index is 0.00460. The van der Waals surface area contributed by atoms with Crippen molar-refractivity contribution in [1.82, 2.24) is 13.7 Å². The lowest BCUT2D eigenvalue weighted by Gasteiger charge is -2.26. The van der Waals surface area contributed by atoms with E-state index in [9.17, 15) is 10.2 Å². The van der Waals surface area contributed by atoms with Crippen LogP contribution in [0.5, 0.6) is 0 Å². The number of aliphatic hydroxyl groups excluding tert-OH is 2. The number of hydrogen-bond acceptors (Lipinski definition) is 3. The highest BCUT2D eigenvalue weighted by molar-refractivity contribution is 6.11. The molecule has 6 heteroatoms.